The third kappa shape index (κ3) is 5.18. The van der Waals surface area contributed by atoms with Gasteiger partial charge in [0.25, 0.3) is 0 Å². The Balaban J connectivity index is 2.06. The van der Waals surface area contributed by atoms with Crippen LogP contribution in [-0.4, -0.2) is 36.5 Å². The molecule has 0 radical (unpaired) electrons. The number of nitrogens with zero attached hydrogens (tertiary/aromatic N) is 1. The van der Waals surface area contributed by atoms with Crippen LogP contribution in [0, 0.1) is 5.41 Å². The number of hydrogen-bond donors (Lipinski definition) is 0. The lowest BCUT2D eigenvalue weighted by atomic mass is 9.75. The van der Waals surface area contributed by atoms with E-state index >= 15 is 0 Å². The summed E-state index contributed by atoms with van der Waals surface area (Å²) in [7, 11) is 0. The smallest absolute Gasteiger partial charge is 0.313 e. The Morgan fingerprint density at radius 1 is 1.32 bits per heavy atom. The van der Waals surface area contributed by atoms with Gasteiger partial charge in [-0.2, -0.15) is 0 Å². The minimum Gasteiger partial charge on any atom is -0.466 e. The number of carbonyl (C=O) groups is 2. The third-order valence-corrected chi connectivity index (χ3v) is 4.92. The van der Waals surface area contributed by atoms with Gasteiger partial charge in [-0.15, -0.1) is 6.58 Å². The highest BCUT2D eigenvalue weighted by Crippen LogP contribution is 2.37. The second-order valence-corrected chi connectivity index (χ2v) is 6.75. The van der Waals surface area contributed by atoms with Gasteiger partial charge >= 0.3 is 5.97 Å². The van der Waals surface area contributed by atoms with Gasteiger partial charge in [-0.1, -0.05) is 36.4 Å². The maximum absolute atomic E-state index is 12.7. The lowest BCUT2D eigenvalue weighted by molar-refractivity contribution is -0.161. The highest BCUT2D eigenvalue weighted by atomic mass is 16.5. The molecule has 1 unspecified atom stereocenters. The van der Waals surface area contributed by atoms with Crippen molar-refractivity contribution in [1.29, 1.82) is 0 Å². The molecular weight excluding hydrogens is 314 g/mol. The molecule has 1 fully saturated rings. The summed E-state index contributed by atoms with van der Waals surface area (Å²) >= 11 is 0. The van der Waals surface area contributed by atoms with E-state index in [1.165, 1.54) is 5.56 Å². The SMILES string of the molecule is C=CCC(=O)N1CCCC(CCCc2ccccc2)(C(=O)OCC)C1. The van der Waals surface area contributed by atoms with Gasteiger partial charge in [0, 0.05) is 19.5 Å². The van der Waals surface area contributed by atoms with Crippen LogP contribution in [0.25, 0.3) is 0 Å². The molecule has 1 aromatic carbocycles. The Hall–Kier alpha value is -2.10. The minimum atomic E-state index is -0.570. The Morgan fingerprint density at radius 2 is 2.08 bits per heavy atom. The quantitative estimate of drug-likeness (QED) is 0.533. The number of rotatable bonds is 8. The number of likely N-dealkylation sites (tertiary alicyclic amines) is 1. The average Bonchev–Trinajstić information content (AvgIpc) is 2.63. The summed E-state index contributed by atoms with van der Waals surface area (Å²) in [5.74, 6) is -0.106. The molecule has 0 spiro atoms. The normalized spacial score (nSPS) is 20.1. The van der Waals surface area contributed by atoms with Gasteiger partial charge in [0.05, 0.1) is 12.0 Å². The number of aryl methyl sites for hydroxylation is 1. The van der Waals surface area contributed by atoms with E-state index in [9.17, 15) is 9.59 Å². The predicted molar refractivity (Wildman–Crippen MR) is 99.1 cm³/mol. The lowest BCUT2D eigenvalue weighted by Crippen LogP contribution is -2.50. The molecule has 136 valence electrons. The van der Waals surface area contributed by atoms with Crippen LogP contribution in [0.3, 0.4) is 0 Å². The summed E-state index contributed by atoms with van der Waals surface area (Å²) in [4.78, 5) is 26.8. The van der Waals surface area contributed by atoms with Crippen LogP contribution in [0.1, 0.15) is 44.6 Å². The van der Waals surface area contributed by atoms with Crippen molar-refractivity contribution in [3.05, 3.63) is 48.6 Å². The van der Waals surface area contributed by atoms with Gasteiger partial charge in [-0.05, 0) is 44.6 Å². The fourth-order valence-electron chi connectivity index (χ4n) is 3.63. The Morgan fingerprint density at radius 3 is 2.76 bits per heavy atom. The van der Waals surface area contributed by atoms with Gasteiger partial charge in [0.15, 0.2) is 0 Å². The Labute approximate surface area is 150 Å². The topological polar surface area (TPSA) is 46.6 Å². The third-order valence-electron chi connectivity index (χ3n) is 4.92. The fourth-order valence-corrected chi connectivity index (χ4v) is 3.63. The molecule has 4 nitrogen and oxygen atoms in total. The van der Waals surface area contributed by atoms with Crippen molar-refractivity contribution in [3.8, 4) is 0 Å². The number of piperidine rings is 1. The predicted octanol–water partition coefficient (Wildman–Crippen LogP) is 3.76. The summed E-state index contributed by atoms with van der Waals surface area (Å²) < 4.78 is 5.38. The van der Waals surface area contributed by atoms with E-state index in [0.717, 1.165) is 32.1 Å². The van der Waals surface area contributed by atoms with Crippen LogP contribution < -0.4 is 0 Å². The summed E-state index contributed by atoms with van der Waals surface area (Å²) in [5.41, 5.74) is 0.705. The molecule has 4 heteroatoms. The first-order valence-electron chi connectivity index (χ1n) is 9.21. The van der Waals surface area contributed by atoms with Crippen LogP contribution in [0.4, 0.5) is 0 Å². The maximum Gasteiger partial charge on any atom is 0.313 e. The van der Waals surface area contributed by atoms with Gasteiger partial charge in [0.1, 0.15) is 0 Å². The van der Waals surface area contributed by atoms with Gasteiger partial charge in [-0.25, -0.2) is 0 Å². The zero-order valence-corrected chi connectivity index (χ0v) is 15.2. The maximum atomic E-state index is 12.7. The molecule has 1 amide bonds. The Kier molecular flexibility index (Phi) is 7.23. The average molecular weight is 343 g/mol. The standard InChI is InChI=1S/C21H29NO3/c1-3-10-19(23)22-16-9-15-21(17-22,20(24)25-4-2)14-8-13-18-11-6-5-7-12-18/h3,5-7,11-12H,1,4,8-10,13-17H2,2H3. The van der Waals surface area contributed by atoms with Crippen molar-refractivity contribution in [2.75, 3.05) is 19.7 Å². The first-order chi connectivity index (χ1) is 12.1. The molecule has 1 saturated heterocycles. The second kappa shape index (κ2) is 9.40. The van der Waals surface area contributed by atoms with E-state index in [-0.39, 0.29) is 11.9 Å². The van der Waals surface area contributed by atoms with E-state index < -0.39 is 5.41 Å². The van der Waals surface area contributed by atoms with E-state index in [4.69, 9.17) is 4.74 Å². The van der Waals surface area contributed by atoms with Crippen molar-refractivity contribution < 1.29 is 14.3 Å². The minimum absolute atomic E-state index is 0.0476. The second-order valence-electron chi connectivity index (χ2n) is 6.75. The molecule has 0 saturated carbocycles. The number of hydrogen-bond acceptors (Lipinski definition) is 3. The van der Waals surface area contributed by atoms with Crippen LogP contribution in [0.15, 0.2) is 43.0 Å². The number of amides is 1. The number of benzene rings is 1. The lowest BCUT2D eigenvalue weighted by Gasteiger charge is -2.41. The van der Waals surface area contributed by atoms with Gasteiger partial charge in [0.2, 0.25) is 5.91 Å². The zero-order valence-electron chi connectivity index (χ0n) is 15.2. The van der Waals surface area contributed by atoms with Crippen molar-refractivity contribution in [3.63, 3.8) is 0 Å². The van der Waals surface area contributed by atoms with Gasteiger partial charge in [-0.3, -0.25) is 9.59 Å². The fraction of sp³-hybridized carbons (Fsp3) is 0.524. The van der Waals surface area contributed by atoms with E-state index in [2.05, 4.69) is 18.7 Å². The van der Waals surface area contributed by atoms with E-state index in [0.29, 0.717) is 26.1 Å². The summed E-state index contributed by atoms with van der Waals surface area (Å²) in [6.07, 6.45) is 6.17. The molecule has 25 heavy (non-hydrogen) atoms. The van der Waals surface area contributed by atoms with Crippen molar-refractivity contribution >= 4 is 11.9 Å². The van der Waals surface area contributed by atoms with Crippen LogP contribution >= 0.6 is 0 Å². The summed E-state index contributed by atoms with van der Waals surface area (Å²) in [6.45, 7) is 7.03. The molecule has 0 aliphatic carbocycles. The monoisotopic (exact) mass is 343 g/mol. The first-order valence-corrected chi connectivity index (χ1v) is 9.21. The van der Waals surface area contributed by atoms with Crippen molar-refractivity contribution in [2.45, 2.75) is 45.4 Å². The number of esters is 1. The Bertz CT molecular complexity index is 584. The zero-order chi connectivity index (χ0) is 18.1. The molecule has 0 aromatic heterocycles. The highest BCUT2D eigenvalue weighted by molar-refractivity contribution is 5.81. The van der Waals surface area contributed by atoms with Crippen molar-refractivity contribution in [1.82, 2.24) is 4.90 Å². The van der Waals surface area contributed by atoms with E-state index in [1.54, 1.807) is 6.08 Å². The van der Waals surface area contributed by atoms with Crippen LogP contribution in [-0.2, 0) is 20.7 Å². The molecule has 0 N–H and O–H groups in total. The number of ether oxygens (including phenoxy) is 1. The largest absolute Gasteiger partial charge is 0.466 e. The number of carbonyl (C=O) groups excluding carboxylic acids is 2. The highest BCUT2D eigenvalue weighted by Gasteiger charge is 2.43. The molecule has 1 aliphatic heterocycles. The molecule has 0 bridgehead atoms. The summed E-state index contributed by atoms with van der Waals surface area (Å²) in [6, 6.07) is 10.3. The first kappa shape index (κ1) is 19.2. The van der Waals surface area contributed by atoms with Gasteiger partial charge < -0.3 is 9.64 Å². The van der Waals surface area contributed by atoms with Crippen LogP contribution in [0.5, 0.6) is 0 Å². The molecular formula is C21H29NO3. The van der Waals surface area contributed by atoms with Crippen LogP contribution in [0.2, 0.25) is 0 Å². The molecule has 2 rings (SSSR count). The molecule has 1 heterocycles. The summed E-state index contributed by atoms with van der Waals surface area (Å²) in [5, 5.41) is 0. The molecule has 1 aliphatic rings. The van der Waals surface area contributed by atoms with Crippen molar-refractivity contribution in [2.24, 2.45) is 5.41 Å². The molecule has 1 atom stereocenters. The molecule has 1 aromatic rings. The van der Waals surface area contributed by atoms with E-state index in [1.807, 2.05) is 30.0 Å².